The summed E-state index contributed by atoms with van der Waals surface area (Å²) in [7, 11) is 0. The van der Waals surface area contributed by atoms with Crippen LogP contribution in [0.2, 0.25) is 0 Å². The first-order chi connectivity index (χ1) is 13.1. The van der Waals surface area contributed by atoms with Gasteiger partial charge in [0.25, 0.3) is 5.91 Å². The molecule has 0 aliphatic rings. The van der Waals surface area contributed by atoms with Gasteiger partial charge < -0.3 is 10.6 Å². The molecule has 0 saturated heterocycles. The van der Waals surface area contributed by atoms with E-state index < -0.39 is 0 Å². The Bertz CT molecular complexity index is 930. The van der Waals surface area contributed by atoms with Crippen molar-refractivity contribution in [3.8, 4) is 0 Å². The molecule has 27 heavy (non-hydrogen) atoms. The van der Waals surface area contributed by atoms with E-state index in [0.717, 1.165) is 11.3 Å². The van der Waals surface area contributed by atoms with Gasteiger partial charge in [-0.15, -0.1) is 10.2 Å². The molecule has 2 N–H and O–H groups in total. The number of aromatic nitrogens is 2. The minimum atomic E-state index is -0.336. The summed E-state index contributed by atoms with van der Waals surface area (Å²) in [5.74, 6) is -0.845. The molecule has 2 amide bonds. The summed E-state index contributed by atoms with van der Waals surface area (Å²) < 4.78 is 13.1. The number of carbonyl (C=O) groups excluding carboxylic acids is 2. The number of halogens is 1. The zero-order chi connectivity index (χ0) is 19.1. The molecule has 3 rings (SSSR count). The van der Waals surface area contributed by atoms with Gasteiger partial charge in [0.05, 0.1) is 0 Å². The maximum atomic E-state index is 13.1. The number of aryl methyl sites for hydroxylation is 1. The Morgan fingerprint density at radius 3 is 2.63 bits per heavy atom. The molecule has 0 bridgehead atoms. The summed E-state index contributed by atoms with van der Waals surface area (Å²) in [4.78, 5) is 24.1. The molecule has 0 aliphatic heterocycles. The number of anilines is 1. The van der Waals surface area contributed by atoms with Crippen LogP contribution in [0.15, 0.2) is 54.6 Å². The Kier molecular flexibility index (Phi) is 6.22. The first-order valence-electron chi connectivity index (χ1n) is 8.30. The van der Waals surface area contributed by atoms with Crippen molar-refractivity contribution in [1.82, 2.24) is 15.5 Å². The van der Waals surface area contributed by atoms with Gasteiger partial charge in [0, 0.05) is 25.1 Å². The monoisotopic (exact) mass is 384 g/mol. The Balaban J connectivity index is 1.46. The minimum absolute atomic E-state index is 0.176. The van der Waals surface area contributed by atoms with Crippen molar-refractivity contribution in [2.45, 2.75) is 19.4 Å². The van der Waals surface area contributed by atoms with E-state index in [9.17, 15) is 14.0 Å². The number of nitrogens with zero attached hydrogens (tertiary/aromatic N) is 2. The molecule has 0 aliphatic carbocycles. The minimum Gasteiger partial charge on any atom is -0.352 e. The molecule has 1 aromatic heterocycles. The van der Waals surface area contributed by atoms with Crippen LogP contribution in [0.25, 0.3) is 0 Å². The summed E-state index contributed by atoms with van der Waals surface area (Å²) in [6, 6.07) is 15.1. The van der Waals surface area contributed by atoms with Crippen LogP contribution in [0.3, 0.4) is 0 Å². The zero-order valence-corrected chi connectivity index (χ0v) is 15.1. The van der Waals surface area contributed by atoms with E-state index in [-0.39, 0.29) is 35.6 Å². The highest BCUT2D eigenvalue weighted by Crippen LogP contribution is 2.14. The first kappa shape index (κ1) is 18.7. The molecule has 0 fully saturated rings. The van der Waals surface area contributed by atoms with E-state index in [1.165, 1.54) is 12.1 Å². The molecule has 2 aromatic carbocycles. The van der Waals surface area contributed by atoms with Crippen molar-refractivity contribution in [3.63, 3.8) is 0 Å². The number of carbonyl (C=O) groups is 2. The molecule has 138 valence electrons. The molecular weight excluding hydrogens is 367 g/mol. The molecule has 0 radical (unpaired) electrons. The van der Waals surface area contributed by atoms with Crippen LogP contribution in [0.4, 0.5) is 10.1 Å². The number of nitrogens with one attached hydrogen (secondary N) is 2. The molecule has 6 nitrogen and oxygen atoms in total. The van der Waals surface area contributed by atoms with Gasteiger partial charge >= 0.3 is 0 Å². The molecule has 3 aromatic rings. The fourth-order valence-corrected chi connectivity index (χ4v) is 3.04. The van der Waals surface area contributed by atoms with Crippen LogP contribution in [-0.2, 0) is 17.8 Å². The van der Waals surface area contributed by atoms with E-state index in [0.29, 0.717) is 22.7 Å². The van der Waals surface area contributed by atoms with Gasteiger partial charge in [-0.2, -0.15) is 0 Å². The van der Waals surface area contributed by atoms with Gasteiger partial charge in [-0.3, -0.25) is 9.59 Å². The largest absolute Gasteiger partial charge is 0.352 e. The highest BCUT2D eigenvalue weighted by molar-refractivity contribution is 7.13. The third-order valence-electron chi connectivity index (χ3n) is 3.64. The molecule has 0 atom stereocenters. The van der Waals surface area contributed by atoms with Crippen LogP contribution in [0.5, 0.6) is 0 Å². The van der Waals surface area contributed by atoms with E-state index in [4.69, 9.17) is 0 Å². The highest BCUT2D eigenvalue weighted by atomic mass is 32.1. The summed E-state index contributed by atoms with van der Waals surface area (Å²) in [5, 5.41) is 14.2. The van der Waals surface area contributed by atoms with Gasteiger partial charge in [0.1, 0.15) is 10.8 Å². The summed E-state index contributed by atoms with van der Waals surface area (Å²) in [6.45, 7) is 0.261. The number of hydrogen-bond donors (Lipinski definition) is 2. The maximum absolute atomic E-state index is 13.1. The Labute approximate surface area is 159 Å². The molecule has 0 spiro atoms. The van der Waals surface area contributed by atoms with Crippen molar-refractivity contribution >= 4 is 28.8 Å². The second-order valence-electron chi connectivity index (χ2n) is 5.73. The number of rotatable bonds is 7. The third kappa shape index (κ3) is 5.68. The van der Waals surface area contributed by atoms with Crippen molar-refractivity contribution in [2.24, 2.45) is 0 Å². The Hall–Kier alpha value is -3.13. The second kappa shape index (κ2) is 9.00. The van der Waals surface area contributed by atoms with Crippen LogP contribution >= 0.6 is 11.3 Å². The highest BCUT2D eigenvalue weighted by Gasteiger charge is 2.14. The number of amides is 2. The summed E-state index contributed by atoms with van der Waals surface area (Å²) in [5.41, 5.74) is 1.37. The fourth-order valence-electron chi connectivity index (χ4n) is 2.31. The van der Waals surface area contributed by atoms with Gasteiger partial charge in [0.2, 0.25) is 10.9 Å². The maximum Gasteiger partial charge on any atom is 0.286 e. The molecule has 0 unspecified atom stereocenters. The SMILES string of the molecule is O=C(CCc1nnc(C(=O)Nc2ccccc2)s1)NCc1cccc(F)c1. The van der Waals surface area contributed by atoms with E-state index >= 15 is 0 Å². The Morgan fingerprint density at radius 2 is 1.85 bits per heavy atom. The quantitative estimate of drug-likeness (QED) is 0.655. The second-order valence-corrected chi connectivity index (χ2v) is 6.79. The fraction of sp³-hybridized carbons (Fsp3) is 0.158. The van der Waals surface area contributed by atoms with E-state index in [1.54, 1.807) is 24.3 Å². The molecule has 8 heteroatoms. The first-order valence-corrected chi connectivity index (χ1v) is 9.12. The average molecular weight is 384 g/mol. The van der Waals surface area contributed by atoms with Crippen LogP contribution in [0, 0.1) is 5.82 Å². The number of para-hydroxylation sites is 1. The smallest absolute Gasteiger partial charge is 0.286 e. The van der Waals surface area contributed by atoms with Gasteiger partial charge in [-0.1, -0.05) is 41.7 Å². The summed E-state index contributed by atoms with van der Waals surface area (Å²) in [6.07, 6.45) is 0.593. The van der Waals surface area contributed by atoms with Gasteiger partial charge in [-0.25, -0.2) is 4.39 Å². The lowest BCUT2D eigenvalue weighted by Gasteiger charge is -2.04. The predicted molar refractivity (Wildman–Crippen MR) is 101 cm³/mol. The van der Waals surface area contributed by atoms with Crippen LogP contribution in [0.1, 0.15) is 26.8 Å². The van der Waals surface area contributed by atoms with Gasteiger partial charge in [-0.05, 0) is 29.8 Å². The van der Waals surface area contributed by atoms with Gasteiger partial charge in [0.15, 0.2) is 0 Å². The van der Waals surface area contributed by atoms with Crippen molar-refractivity contribution in [1.29, 1.82) is 0 Å². The van der Waals surface area contributed by atoms with E-state index in [1.807, 2.05) is 18.2 Å². The lowest BCUT2D eigenvalue weighted by Crippen LogP contribution is -2.23. The third-order valence-corrected chi connectivity index (χ3v) is 4.62. The van der Waals surface area contributed by atoms with Crippen LogP contribution < -0.4 is 10.6 Å². The standard InChI is InChI=1S/C19H17FN4O2S/c20-14-6-4-5-13(11-14)12-21-16(25)9-10-17-23-24-19(27-17)18(26)22-15-7-2-1-3-8-15/h1-8,11H,9-10,12H2,(H,21,25)(H,22,26). The van der Waals surface area contributed by atoms with E-state index in [2.05, 4.69) is 20.8 Å². The van der Waals surface area contributed by atoms with Crippen molar-refractivity contribution < 1.29 is 14.0 Å². The Morgan fingerprint density at radius 1 is 1.04 bits per heavy atom. The van der Waals surface area contributed by atoms with Crippen molar-refractivity contribution in [2.75, 3.05) is 5.32 Å². The molecule has 1 heterocycles. The number of benzene rings is 2. The summed E-state index contributed by atoms with van der Waals surface area (Å²) >= 11 is 1.15. The van der Waals surface area contributed by atoms with Crippen LogP contribution in [-0.4, -0.2) is 22.0 Å². The predicted octanol–water partition coefficient (Wildman–Crippen LogP) is 3.18. The van der Waals surface area contributed by atoms with Crippen molar-refractivity contribution in [3.05, 3.63) is 76.0 Å². The normalized spacial score (nSPS) is 10.4. The zero-order valence-electron chi connectivity index (χ0n) is 14.3. The lowest BCUT2D eigenvalue weighted by atomic mass is 10.2. The topological polar surface area (TPSA) is 84.0 Å². The number of hydrogen-bond acceptors (Lipinski definition) is 5. The lowest BCUT2D eigenvalue weighted by molar-refractivity contribution is -0.121. The molecular formula is C19H17FN4O2S. The average Bonchev–Trinajstić information content (AvgIpc) is 3.15. The molecule has 0 saturated carbocycles.